The van der Waals surface area contributed by atoms with Crippen LogP contribution < -0.4 is 0 Å². The molecular formula is C18H22N2O2. The lowest BCUT2D eigenvalue weighted by Crippen LogP contribution is -2.53. The second kappa shape index (κ2) is 6.79. The summed E-state index contributed by atoms with van der Waals surface area (Å²) in [6.07, 6.45) is 2.60. The van der Waals surface area contributed by atoms with Gasteiger partial charge in [0, 0.05) is 32.2 Å². The van der Waals surface area contributed by atoms with Gasteiger partial charge >= 0.3 is 0 Å². The highest BCUT2D eigenvalue weighted by Crippen LogP contribution is 2.14. The monoisotopic (exact) mass is 298 g/mol. The summed E-state index contributed by atoms with van der Waals surface area (Å²) in [7, 11) is 0. The van der Waals surface area contributed by atoms with Crippen molar-refractivity contribution < 1.29 is 9.21 Å². The molecule has 0 spiro atoms. The van der Waals surface area contributed by atoms with E-state index < -0.39 is 0 Å². The molecule has 0 bridgehead atoms. The summed E-state index contributed by atoms with van der Waals surface area (Å²) in [6, 6.07) is 14.4. The van der Waals surface area contributed by atoms with Gasteiger partial charge in [0.1, 0.15) is 0 Å². The molecular weight excluding hydrogens is 276 g/mol. The highest BCUT2D eigenvalue weighted by Gasteiger charge is 2.27. The average molecular weight is 298 g/mol. The molecule has 1 saturated heterocycles. The van der Waals surface area contributed by atoms with Crippen molar-refractivity contribution in [1.82, 2.24) is 9.80 Å². The van der Waals surface area contributed by atoms with Crippen molar-refractivity contribution in [3.8, 4) is 0 Å². The van der Waals surface area contributed by atoms with Gasteiger partial charge in [0.2, 0.25) is 0 Å². The van der Waals surface area contributed by atoms with Crippen LogP contribution in [0, 0.1) is 0 Å². The summed E-state index contributed by atoms with van der Waals surface area (Å²) in [5.41, 5.74) is 1.36. The highest BCUT2D eigenvalue weighted by atomic mass is 16.3. The normalized spacial score (nSPS) is 19.3. The molecule has 1 aromatic heterocycles. The number of piperazine rings is 1. The van der Waals surface area contributed by atoms with Gasteiger partial charge in [-0.15, -0.1) is 0 Å². The van der Waals surface area contributed by atoms with E-state index in [1.54, 1.807) is 18.4 Å². The van der Waals surface area contributed by atoms with Gasteiger partial charge < -0.3 is 9.32 Å². The first-order valence-corrected chi connectivity index (χ1v) is 7.85. The number of rotatable bonds is 4. The van der Waals surface area contributed by atoms with Crippen molar-refractivity contribution in [2.75, 3.05) is 26.2 Å². The maximum Gasteiger partial charge on any atom is 0.289 e. The van der Waals surface area contributed by atoms with Crippen molar-refractivity contribution in [3.05, 3.63) is 60.1 Å². The minimum Gasteiger partial charge on any atom is -0.459 e. The first-order chi connectivity index (χ1) is 10.7. The SMILES string of the molecule is CC1CN(C(=O)c2ccco2)CCN1CCc1ccccc1. The minimum atomic E-state index is -0.000408. The zero-order valence-corrected chi connectivity index (χ0v) is 12.9. The summed E-state index contributed by atoms with van der Waals surface area (Å²) in [5.74, 6) is 0.435. The third-order valence-corrected chi connectivity index (χ3v) is 4.31. The van der Waals surface area contributed by atoms with Gasteiger partial charge in [-0.2, -0.15) is 0 Å². The number of carbonyl (C=O) groups is 1. The molecule has 1 amide bonds. The van der Waals surface area contributed by atoms with Gasteiger partial charge in [-0.3, -0.25) is 9.69 Å². The third kappa shape index (κ3) is 3.39. The van der Waals surface area contributed by atoms with E-state index in [9.17, 15) is 4.79 Å². The molecule has 1 atom stereocenters. The zero-order valence-electron chi connectivity index (χ0n) is 12.9. The summed E-state index contributed by atoms with van der Waals surface area (Å²) in [5, 5.41) is 0. The van der Waals surface area contributed by atoms with Crippen LogP contribution in [0.2, 0.25) is 0 Å². The van der Waals surface area contributed by atoms with Gasteiger partial charge in [-0.1, -0.05) is 30.3 Å². The lowest BCUT2D eigenvalue weighted by atomic mass is 10.1. The number of benzene rings is 1. The van der Waals surface area contributed by atoms with E-state index in [0.717, 1.165) is 32.6 Å². The molecule has 4 heteroatoms. The Morgan fingerprint density at radius 1 is 1.18 bits per heavy atom. The van der Waals surface area contributed by atoms with Crippen molar-refractivity contribution in [3.63, 3.8) is 0 Å². The molecule has 0 aliphatic carbocycles. The molecule has 1 aliphatic heterocycles. The fourth-order valence-corrected chi connectivity index (χ4v) is 2.99. The molecule has 2 aromatic rings. The Hall–Kier alpha value is -2.07. The molecule has 22 heavy (non-hydrogen) atoms. The van der Waals surface area contributed by atoms with Crippen LogP contribution in [0.1, 0.15) is 23.0 Å². The van der Waals surface area contributed by atoms with Crippen LogP contribution >= 0.6 is 0 Å². The maximum absolute atomic E-state index is 12.3. The average Bonchev–Trinajstić information content (AvgIpc) is 3.08. The second-order valence-corrected chi connectivity index (χ2v) is 5.85. The molecule has 1 aromatic carbocycles. The molecule has 0 radical (unpaired) electrons. The fourth-order valence-electron chi connectivity index (χ4n) is 2.99. The van der Waals surface area contributed by atoms with E-state index in [2.05, 4.69) is 36.1 Å². The Balaban J connectivity index is 1.53. The number of hydrogen-bond acceptors (Lipinski definition) is 3. The zero-order chi connectivity index (χ0) is 15.4. The number of amides is 1. The first-order valence-electron chi connectivity index (χ1n) is 7.85. The summed E-state index contributed by atoms with van der Waals surface area (Å²) in [4.78, 5) is 16.7. The lowest BCUT2D eigenvalue weighted by Gasteiger charge is -2.39. The number of carbonyl (C=O) groups excluding carboxylic acids is 1. The summed E-state index contributed by atoms with van der Waals surface area (Å²) in [6.45, 7) is 5.66. The Morgan fingerprint density at radius 3 is 2.68 bits per heavy atom. The minimum absolute atomic E-state index is 0.000408. The number of nitrogens with zero attached hydrogens (tertiary/aromatic N) is 2. The Bertz CT molecular complexity index is 595. The molecule has 2 heterocycles. The van der Waals surface area contributed by atoms with Gasteiger partial charge in [-0.05, 0) is 31.0 Å². The van der Waals surface area contributed by atoms with E-state index in [0.29, 0.717) is 11.8 Å². The van der Waals surface area contributed by atoms with Crippen LogP contribution in [0.15, 0.2) is 53.1 Å². The van der Waals surface area contributed by atoms with E-state index in [1.165, 1.54) is 5.56 Å². The molecule has 1 unspecified atom stereocenters. The highest BCUT2D eigenvalue weighted by molar-refractivity contribution is 5.91. The van der Waals surface area contributed by atoms with Crippen LogP contribution in [0.25, 0.3) is 0 Å². The third-order valence-electron chi connectivity index (χ3n) is 4.31. The molecule has 4 nitrogen and oxygen atoms in total. The van der Waals surface area contributed by atoms with Crippen molar-refractivity contribution in [1.29, 1.82) is 0 Å². The second-order valence-electron chi connectivity index (χ2n) is 5.85. The van der Waals surface area contributed by atoms with Crippen LogP contribution in [0.5, 0.6) is 0 Å². The van der Waals surface area contributed by atoms with Gasteiger partial charge in [0.15, 0.2) is 5.76 Å². The Labute approximate surface area is 131 Å². The van der Waals surface area contributed by atoms with Crippen molar-refractivity contribution in [2.45, 2.75) is 19.4 Å². The van der Waals surface area contributed by atoms with Crippen molar-refractivity contribution >= 4 is 5.91 Å². The van der Waals surface area contributed by atoms with Crippen LogP contribution in [-0.4, -0.2) is 47.9 Å². The molecule has 1 fully saturated rings. The molecule has 116 valence electrons. The van der Waals surface area contributed by atoms with E-state index in [4.69, 9.17) is 4.42 Å². The topological polar surface area (TPSA) is 36.7 Å². The van der Waals surface area contributed by atoms with Gasteiger partial charge in [-0.25, -0.2) is 0 Å². The molecule has 1 aliphatic rings. The smallest absolute Gasteiger partial charge is 0.289 e. The lowest BCUT2D eigenvalue weighted by molar-refractivity contribution is 0.0490. The quantitative estimate of drug-likeness (QED) is 0.871. The number of furan rings is 1. The maximum atomic E-state index is 12.3. The summed E-state index contributed by atoms with van der Waals surface area (Å²) < 4.78 is 5.21. The first kappa shape index (κ1) is 14.9. The van der Waals surface area contributed by atoms with Crippen LogP contribution in [0.3, 0.4) is 0 Å². The van der Waals surface area contributed by atoms with Crippen LogP contribution in [0.4, 0.5) is 0 Å². The van der Waals surface area contributed by atoms with Gasteiger partial charge in [0.25, 0.3) is 5.91 Å². The van der Waals surface area contributed by atoms with E-state index in [1.807, 2.05) is 11.0 Å². The molecule has 3 rings (SSSR count). The standard InChI is InChI=1S/C18H22N2O2/c1-15-14-20(18(21)17-8-5-13-22-17)12-11-19(15)10-9-16-6-3-2-4-7-16/h2-8,13,15H,9-12,14H2,1H3. The predicted molar refractivity (Wildman–Crippen MR) is 85.8 cm³/mol. The van der Waals surface area contributed by atoms with Crippen molar-refractivity contribution in [2.24, 2.45) is 0 Å². The summed E-state index contributed by atoms with van der Waals surface area (Å²) >= 11 is 0. The van der Waals surface area contributed by atoms with Gasteiger partial charge in [0.05, 0.1) is 6.26 Å². The molecule has 0 saturated carbocycles. The van der Waals surface area contributed by atoms with Crippen LogP contribution in [-0.2, 0) is 6.42 Å². The predicted octanol–water partition coefficient (Wildman–Crippen LogP) is 2.67. The fraction of sp³-hybridized carbons (Fsp3) is 0.389. The Kier molecular flexibility index (Phi) is 4.59. The largest absolute Gasteiger partial charge is 0.459 e. The van der Waals surface area contributed by atoms with E-state index in [-0.39, 0.29) is 5.91 Å². The van der Waals surface area contributed by atoms with E-state index >= 15 is 0 Å². The molecule has 0 N–H and O–H groups in total. The Morgan fingerprint density at radius 2 is 2.00 bits per heavy atom. The number of hydrogen-bond donors (Lipinski definition) is 0.